The molecular formula is C21H22N2O6. The second kappa shape index (κ2) is 9.31. The minimum absolute atomic E-state index is 0.00433. The van der Waals surface area contributed by atoms with Crippen molar-refractivity contribution < 1.29 is 29.3 Å². The molecule has 1 atom stereocenters. The topological polar surface area (TPSA) is 109 Å². The number of aliphatic hydroxyl groups is 2. The van der Waals surface area contributed by atoms with Gasteiger partial charge in [-0.15, -0.1) is 0 Å². The molecule has 0 bridgehead atoms. The lowest BCUT2D eigenvalue weighted by Crippen LogP contribution is -2.33. The zero-order valence-corrected chi connectivity index (χ0v) is 15.9. The Hall–Kier alpha value is -3.23. The molecule has 1 amide bonds. The van der Waals surface area contributed by atoms with Crippen LogP contribution in [0, 0.1) is 0 Å². The molecule has 1 aliphatic rings. The van der Waals surface area contributed by atoms with Crippen LogP contribution in [0.1, 0.15) is 17.2 Å². The van der Waals surface area contributed by atoms with Crippen molar-refractivity contribution in [2.75, 3.05) is 33.5 Å². The van der Waals surface area contributed by atoms with Crippen molar-refractivity contribution in [2.24, 2.45) is 0 Å². The maximum absolute atomic E-state index is 12.8. The molecule has 0 spiro atoms. The maximum atomic E-state index is 12.8. The van der Waals surface area contributed by atoms with Crippen LogP contribution in [0.25, 0.3) is 5.76 Å². The zero-order valence-electron chi connectivity index (χ0n) is 15.9. The largest absolute Gasteiger partial charge is 0.507 e. The van der Waals surface area contributed by atoms with E-state index in [4.69, 9.17) is 14.6 Å². The number of nitrogens with zero attached hydrogens (tertiary/aromatic N) is 2. The highest BCUT2D eigenvalue weighted by Crippen LogP contribution is 2.39. The van der Waals surface area contributed by atoms with Gasteiger partial charge in [0.25, 0.3) is 11.7 Å². The van der Waals surface area contributed by atoms with Crippen LogP contribution < -0.4 is 4.74 Å². The highest BCUT2D eigenvalue weighted by atomic mass is 16.5. The molecule has 2 aromatic rings. The van der Waals surface area contributed by atoms with Crippen LogP contribution in [-0.2, 0) is 14.3 Å². The van der Waals surface area contributed by atoms with Gasteiger partial charge in [0.2, 0.25) is 0 Å². The summed E-state index contributed by atoms with van der Waals surface area (Å²) in [5, 5.41) is 19.7. The minimum atomic E-state index is -0.788. The van der Waals surface area contributed by atoms with Crippen molar-refractivity contribution in [3.05, 3.63) is 65.5 Å². The molecule has 3 rings (SSSR count). The third-order valence-electron chi connectivity index (χ3n) is 4.62. The Bertz CT molecular complexity index is 895. The summed E-state index contributed by atoms with van der Waals surface area (Å²) in [6, 6.07) is 9.21. The Balaban J connectivity index is 2.02. The molecule has 2 heterocycles. The second-order valence-corrected chi connectivity index (χ2v) is 6.34. The molecule has 8 nitrogen and oxygen atoms in total. The number of ketones is 1. The predicted molar refractivity (Wildman–Crippen MR) is 104 cm³/mol. The number of amides is 1. The molecule has 29 heavy (non-hydrogen) atoms. The van der Waals surface area contributed by atoms with Crippen LogP contribution in [-0.4, -0.2) is 65.3 Å². The van der Waals surface area contributed by atoms with Crippen molar-refractivity contribution in [1.82, 2.24) is 9.88 Å². The van der Waals surface area contributed by atoms with Gasteiger partial charge in [-0.2, -0.15) is 0 Å². The summed E-state index contributed by atoms with van der Waals surface area (Å²) in [5.41, 5.74) is 0.994. The molecule has 1 aromatic carbocycles. The van der Waals surface area contributed by atoms with Gasteiger partial charge in [-0.3, -0.25) is 14.6 Å². The lowest BCUT2D eigenvalue weighted by atomic mass is 9.96. The molecular weight excluding hydrogens is 376 g/mol. The Morgan fingerprint density at radius 1 is 1.17 bits per heavy atom. The fourth-order valence-corrected chi connectivity index (χ4v) is 3.23. The van der Waals surface area contributed by atoms with Crippen LogP contribution in [0.2, 0.25) is 0 Å². The van der Waals surface area contributed by atoms with E-state index in [1.165, 1.54) is 12.0 Å². The van der Waals surface area contributed by atoms with Crippen molar-refractivity contribution in [3.63, 3.8) is 0 Å². The number of benzene rings is 1. The first-order valence-corrected chi connectivity index (χ1v) is 9.09. The fourth-order valence-electron chi connectivity index (χ4n) is 3.23. The average Bonchev–Trinajstić information content (AvgIpc) is 3.01. The van der Waals surface area contributed by atoms with Crippen LogP contribution in [0.3, 0.4) is 0 Å². The van der Waals surface area contributed by atoms with E-state index in [1.54, 1.807) is 48.8 Å². The average molecular weight is 398 g/mol. The van der Waals surface area contributed by atoms with E-state index in [0.717, 1.165) is 0 Å². The van der Waals surface area contributed by atoms with E-state index in [0.29, 0.717) is 16.9 Å². The molecule has 0 aliphatic carbocycles. The minimum Gasteiger partial charge on any atom is -0.507 e. The smallest absolute Gasteiger partial charge is 0.295 e. The van der Waals surface area contributed by atoms with Gasteiger partial charge in [0, 0.05) is 24.5 Å². The Morgan fingerprint density at radius 3 is 2.55 bits per heavy atom. The van der Waals surface area contributed by atoms with Gasteiger partial charge in [-0.05, 0) is 35.9 Å². The van der Waals surface area contributed by atoms with Gasteiger partial charge in [0.1, 0.15) is 11.5 Å². The summed E-state index contributed by atoms with van der Waals surface area (Å²) in [7, 11) is 1.53. The molecule has 152 valence electrons. The number of hydrogen-bond acceptors (Lipinski definition) is 7. The van der Waals surface area contributed by atoms with Crippen LogP contribution in [0.4, 0.5) is 0 Å². The number of aromatic nitrogens is 1. The number of carbonyl (C=O) groups excluding carboxylic acids is 2. The first kappa shape index (κ1) is 20.5. The summed E-state index contributed by atoms with van der Waals surface area (Å²) < 4.78 is 10.4. The van der Waals surface area contributed by atoms with Gasteiger partial charge < -0.3 is 24.6 Å². The molecule has 8 heteroatoms. The normalized spacial score (nSPS) is 18.3. The monoisotopic (exact) mass is 398 g/mol. The highest BCUT2D eigenvalue weighted by molar-refractivity contribution is 6.46. The zero-order chi connectivity index (χ0) is 20.8. The number of methoxy groups -OCH3 is 1. The summed E-state index contributed by atoms with van der Waals surface area (Å²) in [6.07, 6.45) is 3.14. The van der Waals surface area contributed by atoms with Crippen molar-refractivity contribution in [2.45, 2.75) is 6.04 Å². The lowest BCUT2D eigenvalue weighted by molar-refractivity contribution is -0.140. The number of carbonyl (C=O) groups is 2. The number of rotatable bonds is 8. The molecule has 0 saturated carbocycles. The van der Waals surface area contributed by atoms with E-state index in [-0.39, 0.29) is 37.7 Å². The number of ether oxygens (including phenoxy) is 2. The van der Waals surface area contributed by atoms with Gasteiger partial charge in [0.15, 0.2) is 0 Å². The van der Waals surface area contributed by atoms with Crippen LogP contribution >= 0.6 is 0 Å². The predicted octanol–water partition coefficient (Wildman–Crippen LogP) is 1.52. The van der Waals surface area contributed by atoms with Gasteiger partial charge in [-0.25, -0.2) is 0 Å². The first-order chi connectivity index (χ1) is 14.1. The van der Waals surface area contributed by atoms with Crippen LogP contribution in [0.15, 0.2) is 54.4 Å². The standard InChI is InChI=1S/C21H22N2O6/c1-28-16-6-4-14(5-7-16)19(25)17-18(15-3-2-8-22-13-15)23(21(27)20(17)26)9-11-29-12-10-24/h2-8,13,18,24-25H,9-12H2,1H3/b19-17+. The van der Waals surface area contributed by atoms with Crippen molar-refractivity contribution >= 4 is 17.4 Å². The summed E-state index contributed by atoms with van der Waals surface area (Å²) in [4.78, 5) is 30.9. The number of Topliss-reactive ketones (excluding diaryl/α,β-unsaturated/α-hetero) is 1. The van der Waals surface area contributed by atoms with E-state index >= 15 is 0 Å². The third kappa shape index (κ3) is 4.28. The van der Waals surface area contributed by atoms with Crippen LogP contribution in [0.5, 0.6) is 5.75 Å². The SMILES string of the molecule is COc1ccc(/C(O)=C2\C(=O)C(=O)N(CCOCCO)C2c2cccnc2)cc1. The van der Waals surface area contributed by atoms with E-state index < -0.39 is 17.7 Å². The molecule has 0 radical (unpaired) electrons. The van der Waals surface area contributed by atoms with Crippen molar-refractivity contribution in [1.29, 1.82) is 0 Å². The number of likely N-dealkylation sites (tertiary alicyclic amines) is 1. The number of aliphatic hydroxyl groups excluding tert-OH is 2. The lowest BCUT2D eigenvalue weighted by Gasteiger charge is -2.25. The second-order valence-electron chi connectivity index (χ2n) is 6.34. The molecule has 1 saturated heterocycles. The molecule has 1 aromatic heterocycles. The third-order valence-corrected chi connectivity index (χ3v) is 4.62. The Labute approximate surface area is 168 Å². The highest BCUT2D eigenvalue weighted by Gasteiger charge is 2.45. The quantitative estimate of drug-likeness (QED) is 0.300. The van der Waals surface area contributed by atoms with Crippen molar-refractivity contribution in [3.8, 4) is 5.75 Å². The van der Waals surface area contributed by atoms with Gasteiger partial charge in [0.05, 0.1) is 38.5 Å². The Morgan fingerprint density at radius 2 is 1.93 bits per heavy atom. The van der Waals surface area contributed by atoms with E-state index in [1.807, 2.05) is 0 Å². The summed E-state index contributed by atoms with van der Waals surface area (Å²) >= 11 is 0. The molecule has 1 fully saturated rings. The summed E-state index contributed by atoms with van der Waals surface area (Å²) in [5.74, 6) is -1.15. The first-order valence-electron chi connectivity index (χ1n) is 9.09. The fraction of sp³-hybridized carbons (Fsp3) is 0.286. The van der Waals surface area contributed by atoms with Gasteiger partial charge >= 0.3 is 0 Å². The number of pyridine rings is 1. The molecule has 1 unspecified atom stereocenters. The molecule has 2 N–H and O–H groups in total. The van der Waals surface area contributed by atoms with E-state index in [2.05, 4.69) is 4.98 Å². The molecule has 1 aliphatic heterocycles. The summed E-state index contributed by atoms with van der Waals surface area (Å²) in [6.45, 7) is 0.270. The maximum Gasteiger partial charge on any atom is 0.295 e. The number of hydrogen-bond donors (Lipinski definition) is 2. The van der Waals surface area contributed by atoms with Gasteiger partial charge in [-0.1, -0.05) is 6.07 Å². The Kier molecular flexibility index (Phi) is 6.58. The van der Waals surface area contributed by atoms with E-state index in [9.17, 15) is 14.7 Å².